The van der Waals surface area contributed by atoms with Crippen molar-refractivity contribution in [1.82, 2.24) is 5.32 Å². The highest BCUT2D eigenvalue weighted by Crippen LogP contribution is 2.33. The van der Waals surface area contributed by atoms with Crippen molar-refractivity contribution in [2.75, 3.05) is 18.4 Å². The summed E-state index contributed by atoms with van der Waals surface area (Å²) in [4.78, 5) is 12.7. The summed E-state index contributed by atoms with van der Waals surface area (Å²) in [6, 6.07) is 7.48. The van der Waals surface area contributed by atoms with Crippen LogP contribution in [0.5, 0.6) is 0 Å². The topological polar surface area (TPSA) is 64.9 Å². The Kier molecular flexibility index (Phi) is 4.64. The van der Waals surface area contributed by atoms with Gasteiger partial charge in [0.1, 0.15) is 0 Å². The molecule has 4 nitrogen and oxygen atoms in total. The fourth-order valence-corrected chi connectivity index (χ4v) is 2.76. The zero-order chi connectivity index (χ0) is 15.5. The quantitative estimate of drug-likeness (QED) is 0.897. The van der Waals surface area contributed by atoms with E-state index in [1.807, 2.05) is 26.8 Å². The maximum atomic E-state index is 12.7. The molecule has 0 radical (unpaired) electrons. The number of carbonyl (C=O) groups excluding carboxylic acids is 1. The highest BCUT2D eigenvalue weighted by Gasteiger charge is 2.37. The number of amides is 1. The molecule has 1 fully saturated rings. The predicted molar refractivity (Wildman–Crippen MR) is 83.9 cm³/mol. The van der Waals surface area contributed by atoms with Crippen molar-refractivity contribution < 1.29 is 4.79 Å². The normalized spacial score (nSPS) is 18.9. The van der Waals surface area contributed by atoms with E-state index in [-0.39, 0.29) is 5.91 Å². The minimum atomic E-state index is -0.428. The average Bonchev–Trinajstić information content (AvgIpc) is 2.50. The van der Waals surface area contributed by atoms with Gasteiger partial charge >= 0.3 is 0 Å². The number of nitrogens with one attached hydrogen (secondary N) is 2. The predicted octanol–water partition coefficient (Wildman–Crippen LogP) is 2.83. The van der Waals surface area contributed by atoms with Crippen LogP contribution in [0.15, 0.2) is 18.2 Å². The molecule has 1 amide bonds. The van der Waals surface area contributed by atoms with E-state index in [2.05, 4.69) is 16.7 Å². The monoisotopic (exact) mass is 285 g/mol. The molecule has 1 aliphatic rings. The van der Waals surface area contributed by atoms with E-state index in [9.17, 15) is 4.79 Å². The van der Waals surface area contributed by atoms with Gasteiger partial charge in [0.15, 0.2) is 0 Å². The van der Waals surface area contributed by atoms with Gasteiger partial charge in [0.2, 0.25) is 5.91 Å². The van der Waals surface area contributed by atoms with Gasteiger partial charge in [-0.15, -0.1) is 0 Å². The van der Waals surface area contributed by atoms with Crippen molar-refractivity contribution in [3.05, 3.63) is 29.3 Å². The Morgan fingerprint density at radius 2 is 2.24 bits per heavy atom. The molecule has 4 heteroatoms. The Morgan fingerprint density at radius 1 is 1.48 bits per heavy atom. The van der Waals surface area contributed by atoms with Gasteiger partial charge in [-0.05, 0) is 56.5 Å². The van der Waals surface area contributed by atoms with Crippen LogP contribution >= 0.6 is 0 Å². The first-order chi connectivity index (χ1) is 9.95. The summed E-state index contributed by atoms with van der Waals surface area (Å²) in [6.07, 6.45) is 2.19. The van der Waals surface area contributed by atoms with Crippen molar-refractivity contribution >= 4 is 11.6 Å². The van der Waals surface area contributed by atoms with Gasteiger partial charge in [-0.2, -0.15) is 5.26 Å². The number of benzene rings is 1. The summed E-state index contributed by atoms with van der Waals surface area (Å²) in [5, 5.41) is 15.4. The van der Waals surface area contributed by atoms with Crippen LogP contribution in [0.1, 0.15) is 37.8 Å². The van der Waals surface area contributed by atoms with E-state index in [0.717, 1.165) is 37.2 Å². The zero-order valence-corrected chi connectivity index (χ0v) is 13.0. The second-order valence-corrected chi connectivity index (χ2v) is 6.36. The van der Waals surface area contributed by atoms with Crippen LogP contribution in [0.4, 0.5) is 5.69 Å². The number of nitriles is 1. The molecule has 1 heterocycles. The first kappa shape index (κ1) is 15.5. The third-order valence-electron chi connectivity index (χ3n) is 4.52. The smallest absolute Gasteiger partial charge is 0.230 e. The van der Waals surface area contributed by atoms with Crippen LogP contribution in [-0.4, -0.2) is 19.0 Å². The summed E-state index contributed by atoms with van der Waals surface area (Å²) in [7, 11) is 0. The number of piperidine rings is 1. The number of nitrogens with zero attached hydrogens (tertiary/aromatic N) is 1. The highest BCUT2D eigenvalue weighted by atomic mass is 16.2. The van der Waals surface area contributed by atoms with E-state index in [1.54, 1.807) is 12.1 Å². The fourth-order valence-electron chi connectivity index (χ4n) is 2.76. The Labute approximate surface area is 126 Å². The second kappa shape index (κ2) is 6.28. The first-order valence-corrected chi connectivity index (χ1v) is 7.48. The third kappa shape index (κ3) is 3.43. The van der Waals surface area contributed by atoms with Gasteiger partial charge in [-0.3, -0.25) is 4.79 Å². The standard InChI is InChI=1S/C17H23N3O/c1-12-6-7-13(10-18)9-15(12)20-16(21)17(2,3)14-5-4-8-19-11-14/h6-7,9,14,19H,4-5,8,11H2,1-3H3,(H,20,21). The van der Waals surface area contributed by atoms with Crippen molar-refractivity contribution in [3.8, 4) is 6.07 Å². The minimum absolute atomic E-state index is 0.0226. The SMILES string of the molecule is Cc1ccc(C#N)cc1NC(=O)C(C)(C)C1CCCNC1. The fraction of sp³-hybridized carbons (Fsp3) is 0.529. The lowest BCUT2D eigenvalue weighted by molar-refractivity contribution is -0.127. The van der Waals surface area contributed by atoms with Gasteiger partial charge in [0, 0.05) is 11.1 Å². The lowest BCUT2D eigenvalue weighted by Crippen LogP contribution is -2.44. The van der Waals surface area contributed by atoms with Crippen molar-refractivity contribution in [3.63, 3.8) is 0 Å². The summed E-state index contributed by atoms with van der Waals surface area (Å²) in [5.41, 5.74) is 1.84. The van der Waals surface area contributed by atoms with Crippen LogP contribution in [-0.2, 0) is 4.79 Å². The van der Waals surface area contributed by atoms with E-state index in [1.165, 1.54) is 0 Å². The summed E-state index contributed by atoms with van der Waals surface area (Å²) in [5.74, 6) is 0.361. The molecule has 2 rings (SSSR count). The van der Waals surface area contributed by atoms with Crippen LogP contribution in [0.3, 0.4) is 0 Å². The Morgan fingerprint density at radius 3 is 2.86 bits per heavy atom. The van der Waals surface area contributed by atoms with Crippen LogP contribution in [0, 0.1) is 29.6 Å². The average molecular weight is 285 g/mol. The molecule has 1 aromatic carbocycles. The Balaban J connectivity index is 2.15. The zero-order valence-electron chi connectivity index (χ0n) is 13.0. The molecular weight excluding hydrogens is 262 g/mol. The number of anilines is 1. The van der Waals surface area contributed by atoms with Crippen molar-refractivity contribution in [1.29, 1.82) is 5.26 Å². The highest BCUT2D eigenvalue weighted by molar-refractivity contribution is 5.95. The molecule has 1 unspecified atom stereocenters. The maximum absolute atomic E-state index is 12.7. The molecular formula is C17H23N3O. The molecule has 0 spiro atoms. The largest absolute Gasteiger partial charge is 0.325 e. The van der Waals surface area contributed by atoms with E-state index < -0.39 is 5.41 Å². The molecule has 112 valence electrons. The molecule has 1 atom stereocenters. The molecule has 0 bridgehead atoms. The molecule has 21 heavy (non-hydrogen) atoms. The van der Waals surface area contributed by atoms with Gasteiger partial charge < -0.3 is 10.6 Å². The summed E-state index contributed by atoms with van der Waals surface area (Å²) in [6.45, 7) is 7.87. The molecule has 1 aromatic rings. The van der Waals surface area contributed by atoms with Gasteiger partial charge in [-0.25, -0.2) is 0 Å². The number of rotatable bonds is 3. The second-order valence-electron chi connectivity index (χ2n) is 6.36. The summed E-state index contributed by atoms with van der Waals surface area (Å²) >= 11 is 0. The van der Waals surface area contributed by atoms with Gasteiger partial charge in [0.05, 0.1) is 11.6 Å². The lowest BCUT2D eigenvalue weighted by atomic mass is 9.74. The van der Waals surface area contributed by atoms with E-state index >= 15 is 0 Å². The first-order valence-electron chi connectivity index (χ1n) is 7.48. The van der Waals surface area contributed by atoms with Crippen LogP contribution in [0.25, 0.3) is 0 Å². The maximum Gasteiger partial charge on any atom is 0.230 e. The van der Waals surface area contributed by atoms with Crippen molar-refractivity contribution in [2.24, 2.45) is 11.3 Å². The Hall–Kier alpha value is -1.86. The van der Waals surface area contributed by atoms with Gasteiger partial charge in [0.25, 0.3) is 0 Å². The van der Waals surface area contributed by atoms with E-state index in [0.29, 0.717) is 11.5 Å². The Bertz CT molecular complexity index is 566. The van der Waals surface area contributed by atoms with Crippen LogP contribution < -0.4 is 10.6 Å². The minimum Gasteiger partial charge on any atom is -0.325 e. The molecule has 0 aliphatic carbocycles. The molecule has 2 N–H and O–H groups in total. The number of aryl methyl sites for hydroxylation is 1. The number of hydrogen-bond donors (Lipinski definition) is 2. The lowest BCUT2D eigenvalue weighted by Gasteiger charge is -2.36. The van der Waals surface area contributed by atoms with Crippen molar-refractivity contribution in [2.45, 2.75) is 33.6 Å². The number of hydrogen-bond acceptors (Lipinski definition) is 3. The van der Waals surface area contributed by atoms with E-state index in [4.69, 9.17) is 5.26 Å². The van der Waals surface area contributed by atoms with Crippen LogP contribution in [0.2, 0.25) is 0 Å². The molecule has 1 aliphatic heterocycles. The van der Waals surface area contributed by atoms with Gasteiger partial charge in [-0.1, -0.05) is 19.9 Å². The molecule has 1 saturated heterocycles. The summed E-state index contributed by atoms with van der Waals surface area (Å²) < 4.78 is 0. The molecule has 0 saturated carbocycles. The molecule has 0 aromatic heterocycles. The third-order valence-corrected chi connectivity index (χ3v) is 4.52. The number of carbonyl (C=O) groups is 1.